The Morgan fingerprint density at radius 1 is 1.10 bits per heavy atom. The molecule has 0 spiro atoms. The molecular formula is C13H7BrF3N3. The van der Waals surface area contributed by atoms with Crippen molar-refractivity contribution in [1.82, 2.24) is 14.4 Å². The Morgan fingerprint density at radius 2 is 1.90 bits per heavy atom. The monoisotopic (exact) mass is 341 g/mol. The molecule has 0 amide bonds. The first kappa shape index (κ1) is 13.1. The normalized spacial score (nSPS) is 12.0. The van der Waals surface area contributed by atoms with Gasteiger partial charge in [0.2, 0.25) is 0 Å². The molecule has 0 saturated heterocycles. The van der Waals surface area contributed by atoms with E-state index in [0.29, 0.717) is 21.5 Å². The average Bonchev–Trinajstić information content (AvgIpc) is 2.80. The summed E-state index contributed by atoms with van der Waals surface area (Å²) < 4.78 is 40.5. The Labute approximate surface area is 120 Å². The van der Waals surface area contributed by atoms with Crippen molar-refractivity contribution in [1.29, 1.82) is 0 Å². The van der Waals surface area contributed by atoms with E-state index in [9.17, 15) is 13.2 Å². The summed E-state index contributed by atoms with van der Waals surface area (Å²) in [5.41, 5.74) is 0.926. The van der Waals surface area contributed by atoms with Crippen molar-refractivity contribution in [3.8, 4) is 11.3 Å². The van der Waals surface area contributed by atoms with Gasteiger partial charge in [-0.15, -0.1) is 0 Å². The molecule has 0 N–H and O–H groups in total. The van der Waals surface area contributed by atoms with Crippen LogP contribution in [0.2, 0.25) is 0 Å². The first-order chi connectivity index (χ1) is 9.47. The maximum absolute atomic E-state index is 12.8. The minimum absolute atomic E-state index is 0.456. The molecule has 0 saturated carbocycles. The number of halogens is 4. The molecule has 1 aromatic carbocycles. The van der Waals surface area contributed by atoms with Crippen LogP contribution in [0.15, 0.2) is 47.5 Å². The summed E-state index contributed by atoms with van der Waals surface area (Å²) in [5.74, 6) is 0. The summed E-state index contributed by atoms with van der Waals surface area (Å²) in [6.07, 6.45) is -1.31. The Bertz CT molecular complexity index is 780. The van der Waals surface area contributed by atoms with Gasteiger partial charge in [0.25, 0.3) is 0 Å². The molecule has 7 heteroatoms. The number of imidazole rings is 1. The summed E-state index contributed by atoms with van der Waals surface area (Å²) in [6, 6.07) is 6.82. The van der Waals surface area contributed by atoms with Crippen LogP contribution < -0.4 is 0 Å². The van der Waals surface area contributed by atoms with Crippen molar-refractivity contribution in [2.24, 2.45) is 0 Å². The van der Waals surface area contributed by atoms with Crippen molar-refractivity contribution in [3.05, 3.63) is 53.0 Å². The Balaban J connectivity index is 2.21. The molecule has 0 radical (unpaired) electrons. The molecule has 3 rings (SSSR count). The Morgan fingerprint density at radius 3 is 2.65 bits per heavy atom. The molecule has 3 nitrogen and oxygen atoms in total. The van der Waals surface area contributed by atoms with Crippen LogP contribution in [0.4, 0.5) is 13.2 Å². The number of fused-ring (bicyclic) bond motifs is 1. The van der Waals surface area contributed by atoms with E-state index in [2.05, 4.69) is 25.9 Å². The van der Waals surface area contributed by atoms with Gasteiger partial charge in [0, 0.05) is 6.20 Å². The van der Waals surface area contributed by atoms with Crippen LogP contribution in [0, 0.1) is 0 Å². The SMILES string of the molecule is FC(F)(F)c1cccc(-c2ccnc3c(Br)ncn23)c1. The van der Waals surface area contributed by atoms with Crippen molar-refractivity contribution in [3.63, 3.8) is 0 Å². The van der Waals surface area contributed by atoms with Gasteiger partial charge in [-0.25, -0.2) is 9.97 Å². The zero-order valence-corrected chi connectivity index (χ0v) is 11.5. The number of benzene rings is 1. The molecule has 0 atom stereocenters. The molecule has 0 aliphatic rings. The third kappa shape index (κ3) is 2.18. The molecule has 0 unspecified atom stereocenters. The zero-order chi connectivity index (χ0) is 14.3. The third-order valence-corrected chi connectivity index (χ3v) is 3.43. The van der Waals surface area contributed by atoms with Crippen LogP contribution in [0.1, 0.15) is 5.56 Å². The third-order valence-electron chi connectivity index (χ3n) is 2.87. The van der Waals surface area contributed by atoms with Gasteiger partial charge in [0.05, 0.1) is 11.3 Å². The first-order valence-electron chi connectivity index (χ1n) is 5.62. The van der Waals surface area contributed by atoms with Crippen LogP contribution >= 0.6 is 15.9 Å². The fraction of sp³-hybridized carbons (Fsp3) is 0.0769. The van der Waals surface area contributed by atoms with Gasteiger partial charge >= 0.3 is 6.18 Å². The maximum Gasteiger partial charge on any atom is 0.416 e. The smallest absolute Gasteiger partial charge is 0.282 e. The van der Waals surface area contributed by atoms with Crippen LogP contribution in [-0.2, 0) is 6.18 Å². The van der Waals surface area contributed by atoms with Crippen molar-refractivity contribution >= 4 is 21.6 Å². The highest BCUT2D eigenvalue weighted by Gasteiger charge is 2.30. The quantitative estimate of drug-likeness (QED) is 0.664. The van der Waals surface area contributed by atoms with E-state index in [4.69, 9.17) is 0 Å². The number of hydrogen-bond acceptors (Lipinski definition) is 2. The summed E-state index contributed by atoms with van der Waals surface area (Å²) in [7, 11) is 0. The van der Waals surface area contributed by atoms with Gasteiger partial charge < -0.3 is 0 Å². The molecule has 20 heavy (non-hydrogen) atoms. The Kier molecular flexibility index (Phi) is 3.01. The zero-order valence-electron chi connectivity index (χ0n) is 9.89. The van der Waals surface area contributed by atoms with Crippen LogP contribution in [0.3, 0.4) is 0 Å². The van der Waals surface area contributed by atoms with Crippen LogP contribution in [0.25, 0.3) is 16.9 Å². The van der Waals surface area contributed by atoms with E-state index < -0.39 is 11.7 Å². The topological polar surface area (TPSA) is 30.2 Å². The molecule has 2 heterocycles. The molecule has 2 aromatic heterocycles. The van der Waals surface area contributed by atoms with Gasteiger partial charge in [-0.05, 0) is 39.7 Å². The lowest BCUT2D eigenvalue weighted by Crippen LogP contribution is -2.05. The fourth-order valence-electron chi connectivity index (χ4n) is 1.96. The van der Waals surface area contributed by atoms with Crippen molar-refractivity contribution in [2.75, 3.05) is 0 Å². The number of nitrogens with zero attached hydrogens (tertiary/aromatic N) is 3. The first-order valence-corrected chi connectivity index (χ1v) is 6.41. The van der Waals surface area contributed by atoms with E-state index in [1.54, 1.807) is 16.5 Å². The molecule has 102 valence electrons. The second-order valence-corrected chi connectivity index (χ2v) is 4.89. The Hall–Kier alpha value is -1.89. The summed E-state index contributed by atoms with van der Waals surface area (Å²) in [4.78, 5) is 8.18. The van der Waals surface area contributed by atoms with Gasteiger partial charge in [-0.1, -0.05) is 12.1 Å². The van der Waals surface area contributed by atoms with Crippen molar-refractivity contribution in [2.45, 2.75) is 6.18 Å². The molecule has 0 aliphatic heterocycles. The average molecular weight is 342 g/mol. The summed E-state index contributed by atoms with van der Waals surface area (Å²) >= 11 is 3.25. The molecular weight excluding hydrogens is 335 g/mol. The second-order valence-electron chi connectivity index (χ2n) is 4.14. The van der Waals surface area contributed by atoms with Gasteiger partial charge in [0.1, 0.15) is 6.33 Å². The van der Waals surface area contributed by atoms with Crippen molar-refractivity contribution < 1.29 is 13.2 Å². The van der Waals surface area contributed by atoms with Crippen LogP contribution in [-0.4, -0.2) is 14.4 Å². The minimum Gasteiger partial charge on any atom is -0.282 e. The number of aromatic nitrogens is 3. The predicted octanol–water partition coefficient (Wildman–Crippen LogP) is 4.18. The fourth-order valence-corrected chi connectivity index (χ4v) is 2.35. The van der Waals surface area contributed by atoms with E-state index in [0.717, 1.165) is 12.1 Å². The lowest BCUT2D eigenvalue weighted by Gasteiger charge is -2.10. The highest BCUT2D eigenvalue weighted by atomic mass is 79.9. The molecule has 0 bridgehead atoms. The van der Waals surface area contributed by atoms with Gasteiger partial charge in [0.15, 0.2) is 10.3 Å². The van der Waals surface area contributed by atoms with E-state index >= 15 is 0 Å². The largest absolute Gasteiger partial charge is 0.416 e. The highest BCUT2D eigenvalue weighted by Crippen LogP contribution is 2.32. The van der Waals surface area contributed by atoms with E-state index in [1.165, 1.54) is 18.6 Å². The lowest BCUT2D eigenvalue weighted by molar-refractivity contribution is -0.137. The molecule has 3 aromatic rings. The predicted molar refractivity (Wildman–Crippen MR) is 71.1 cm³/mol. The summed E-state index contributed by atoms with van der Waals surface area (Å²) in [5, 5.41) is 0. The second kappa shape index (κ2) is 4.59. The minimum atomic E-state index is -4.36. The lowest BCUT2D eigenvalue weighted by atomic mass is 10.1. The number of rotatable bonds is 1. The molecule has 0 aliphatic carbocycles. The maximum atomic E-state index is 12.8. The number of hydrogen-bond donors (Lipinski definition) is 0. The van der Waals surface area contributed by atoms with E-state index in [-0.39, 0.29) is 0 Å². The molecule has 0 fully saturated rings. The van der Waals surface area contributed by atoms with E-state index in [1.807, 2.05) is 0 Å². The van der Waals surface area contributed by atoms with Crippen LogP contribution in [0.5, 0.6) is 0 Å². The highest BCUT2D eigenvalue weighted by molar-refractivity contribution is 9.10. The number of alkyl halides is 3. The van der Waals surface area contributed by atoms with Gasteiger partial charge in [-0.3, -0.25) is 4.40 Å². The standard InChI is InChI=1S/C13H7BrF3N3/c14-11-12-18-5-4-10(20(12)7-19-11)8-2-1-3-9(6-8)13(15,16)17/h1-7H. The summed E-state index contributed by atoms with van der Waals surface area (Å²) in [6.45, 7) is 0. The van der Waals surface area contributed by atoms with Gasteiger partial charge in [-0.2, -0.15) is 13.2 Å².